The number of benzene rings is 1. The van der Waals surface area contributed by atoms with Crippen molar-refractivity contribution in [2.75, 3.05) is 13.6 Å². The number of carbonyl (C=O) groups is 2. The van der Waals surface area contributed by atoms with Crippen molar-refractivity contribution >= 4 is 11.8 Å². The summed E-state index contributed by atoms with van der Waals surface area (Å²) < 4.78 is 0. The van der Waals surface area contributed by atoms with E-state index in [0.717, 1.165) is 5.56 Å². The molecule has 0 saturated carbocycles. The first-order valence-corrected chi connectivity index (χ1v) is 5.72. The first kappa shape index (κ1) is 11.6. The SMILES string of the molecule is CN1CC(C(=O)NCc2ccccc2)CC1=O. The number of likely N-dealkylation sites (tertiary alicyclic amines) is 1. The molecular formula is C13H16N2O2. The third kappa shape index (κ3) is 2.84. The van der Waals surface area contributed by atoms with Crippen LogP contribution in [0.25, 0.3) is 0 Å². The smallest absolute Gasteiger partial charge is 0.225 e. The number of nitrogens with zero attached hydrogens (tertiary/aromatic N) is 1. The molecule has 1 aromatic rings. The predicted molar refractivity (Wildman–Crippen MR) is 64.0 cm³/mol. The lowest BCUT2D eigenvalue weighted by Gasteiger charge is -2.10. The second-order valence-electron chi connectivity index (χ2n) is 4.38. The van der Waals surface area contributed by atoms with Gasteiger partial charge in [-0.15, -0.1) is 0 Å². The summed E-state index contributed by atoms with van der Waals surface area (Å²) in [4.78, 5) is 24.7. The molecule has 0 aliphatic carbocycles. The van der Waals surface area contributed by atoms with Gasteiger partial charge in [-0.3, -0.25) is 9.59 Å². The zero-order valence-corrected chi connectivity index (χ0v) is 9.85. The van der Waals surface area contributed by atoms with Crippen LogP contribution >= 0.6 is 0 Å². The van der Waals surface area contributed by atoms with E-state index in [-0.39, 0.29) is 17.7 Å². The molecule has 0 aromatic heterocycles. The molecule has 4 nitrogen and oxygen atoms in total. The quantitative estimate of drug-likeness (QED) is 0.837. The second kappa shape index (κ2) is 4.99. The molecule has 1 heterocycles. The van der Waals surface area contributed by atoms with Crippen molar-refractivity contribution in [1.82, 2.24) is 10.2 Å². The van der Waals surface area contributed by atoms with Gasteiger partial charge in [0, 0.05) is 26.6 Å². The van der Waals surface area contributed by atoms with Gasteiger partial charge in [-0.2, -0.15) is 0 Å². The Hall–Kier alpha value is -1.84. The molecule has 1 unspecified atom stereocenters. The largest absolute Gasteiger partial charge is 0.352 e. The Morgan fingerprint density at radius 3 is 2.71 bits per heavy atom. The highest BCUT2D eigenvalue weighted by molar-refractivity contribution is 5.89. The summed E-state index contributed by atoms with van der Waals surface area (Å²) in [6.07, 6.45) is 0.330. The summed E-state index contributed by atoms with van der Waals surface area (Å²) in [7, 11) is 1.73. The van der Waals surface area contributed by atoms with Gasteiger partial charge in [-0.25, -0.2) is 0 Å². The maximum atomic E-state index is 11.8. The number of hydrogen-bond donors (Lipinski definition) is 1. The van der Waals surface area contributed by atoms with Crippen molar-refractivity contribution in [3.05, 3.63) is 35.9 Å². The van der Waals surface area contributed by atoms with E-state index in [2.05, 4.69) is 5.32 Å². The van der Waals surface area contributed by atoms with E-state index in [0.29, 0.717) is 19.5 Å². The Bertz CT molecular complexity index is 417. The molecule has 1 atom stereocenters. The van der Waals surface area contributed by atoms with Gasteiger partial charge in [0.1, 0.15) is 0 Å². The normalized spacial score (nSPS) is 19.5. The zero-order valence-electron chi connectivity index (χ0n) is 9.85. The second-order valence-corrected chi connectivity index (χ2v) is 4.38. The van der Waals surface area contributed by atoms with Crippen molar-refractivity contribution in [3.8, 4) is 0 Å². The van der Waals surface area contributed by atoms with Crippen LogP contribution in [0.5, 0.6) is 0 Å². The molecule has 0 spiro atoms. The highest BCUT2D eigenvalue weighted by Gasteiger charge is 2.31. The van der Waals surface area contributed by atoms with Gasteiger partial charge in [0.15, 0.2) is 0 Å². The summed E-state index contributed by atoms with van der Waals surface area (Å²) in [6.45, 7) is 1.05. The first-order valence-electron chi connectivity index (χ1n) is 5.72. The van der Waals surface area contributed by atoms with Gasteiger partial charge in [0.05, 0.1) is 5.92 Å². The van der Waals surface area contributed by atoms with Crippen LogP contribution in [0, 0.1) is 5.92 Å². The molecule has 2 rings (SSSR count). The summed E-state index contributed by atoms with van der Waals surface area (Å²) in [6, 6.07) is 9.75. The molecular weight excluding hydrogens is 216 g/mol. The molecule has 0 radical (unpaired) electrons. The maximum absolute atomic E-state index is 11.8. The highest BCUT2D eigenvalue weighted by atomic mass is 16.2. The molecule has 90 valence electrons. The number of carbonyl (C=O) groups excluding carboxylic acids is 2. The molecule has 0 bridgehead atoms. The summed E-state index contributed by atoms with van der Waals surface area (Å²) >= 11 is 0. The lowest BCUT2D eigenvalue weighted by molar-refractivity contribution is -0.128. The van der Waals surface area contributed by atoms with Crippen LogP contribution in [0.2, 0.25) is 0 Å². The van der Waals surface area contributed by atoms with E-state index in [9.17, 15) is 9.59 Å². The molecule has 17 heavy (non-hydrogen) atoms. The Morgan fingerprint density at radius 1 is 1.41 bits per heavy atom. The fourth-order valence-electron chi connectivity index (χ4n) is 1.97. The fraction of sp³-hybridized carbons (Fsp3) is 0.385. The van der Waals surface area contributed by atoms with E-state index in [4.69, 9.17) is 0 Å². The van der Waals surface area contributed by atoms with Crippen molar-refractivity contribution in [2.24, 2.45) is 5.92 Å². The monoisotopic (exact) mass is 232 g/mol. The number of amides is 2. The average molecular weight is 232 g/mol. The molecule has 4 heteroatoms. The van der Waals surface area contributed by atoms with Crippen LogP contribution in [0.1, 0.15) is 12.0 Å². The van der Waals surface area contributed by atoms with Crippen molar-refractivity contribution in [3.63, 3.8) is 0 Å². The number of nitrogens with one attached hydrogen (secondary N) is 1. The minimum absolute atomic E-state index is 0.0356. The van der Waals surface area contributed by atoms with Crippen LogP contribution in [-0.2, 0) is 16.1 Å². The average Bonchev–Trinajstić information content (AvgIpc) is 2.68. The molecule has 1 aliphatic rings. The standard InChI is InChI=1S/C13H16N2O2/c1-15-9-11(7-12(15)16)13(17)14-8-10-5-3-2-4-6-10/h2-6,11H,7-9H2,1H3,(H,14,17). The van der Waals surface area contributed by atoms with Crippen molar-refractivity contribution in [2.45, 2.75) is 13.0 Å². The summed E-state index contributed by atoms with van der Waals surface area (Å²) in [5.74, 6) is -0.187. The van der Waals surface area contributed by atoms with Crippen LogP contribution in [0.4, 0.5) is 0 Å². The van der Waals surface area contributed by atoms with Gasteiger partial charge < -0.3 is 10.2 Å². The summed E-state index contributed by atoms with van der Waals surface area (Å²) in [5.41, 5.74) is 1.07. The van der Waals surface area contributed by atoms with Crippen LogP contribution < -0.4 is 5.32 Å². The zero-order chi connectivity index (χ0) is 12.3. The van der Waals surface area contributed by atoms with E-state index in [1.54, 1.807) is 11.9 Å². The summed E-state index contributed by atoms with van der Waals surface area (Å²) in [5, 5.41) is 2.86. The third-order valence-corrected chi connectivity index (χ3v) is 3.02. The minimum Gasteiger partial charge on any atom is -0.352 e. The van der Waals surface area contributed by atoms with Gasteiger partial charge in [-0.1, -0.05) is 30.3 Å². The first-order chi connectivity index (χ1) is 8.16. The maximum Gasteiger partial charge on any atom is 0.225 e. The Labute approximate surface area is 101 Å². The molecule has 1 N–H and O–H groups in total. The molecule has 1 fully saturated rings. The third-order valence-electron chi connectivity index (χ3n) is 3.02. The molecule has 2 amide bonds. The van der Waals surface area contributed by atoms with Crippen molar-refractivity contribution < 1.29 is 9.59 Å². The Morgan fingerprint density at radius 2 is 2.12 bits per heavy atom. The molecule has 1 aromatic carbocycles. The topological polar surface area (TPSA) is 49.4 Å². The van der Waals surface area contributed by atoms with Gasteiger partial charge >= 0.3 is 0 Å². The van der Waals surface area contributed by atoms with E-state index < -0.39 is 0 Å². The van der Waals surface area contributed by atoms with Crippen LogP contribution in [0.15, 0.2) is 30.3 Å². The predicted octanol–water partition coefficient (Wildman–Crippen LogP) is 0.781. The van der Waals surface area contributed by atoms with Crippen LogP contribution in [-0.4, -0.2) is 30.3 Å². The Kier molecular flexibility index (Phi) is 3.42. The molecule has 1 aliphatic heterocycles. The lowest BCUT2D eigenvalue weighted by atomic mass is 10.1. The van der Waals surface area contributed by atoms with Gasteiger partial charge in [0.25, 0.3) is 0 Å². The number of rotatable bonds is 3. The lowest BCUT2D eigenvalue weighted by Crippen LogP contribution is -2.31. The minimum atomic E-state index is -0.198. The van der Waals surface area contributed by atoms with Crippen molar-refractivity contribution in [1.29, 1.82) is 0 Å². The van der Waals surface area contributed by atoms with Crippen LogP contribution in [0.3, 0.4) is 0 Å². The van der Waals surface area contributed by atoms with E-state index in [1.165, 1.54) is 0 Å². The van der Waals surface area contributed by atoms with Gasteiger partial charge in [-0.05, 0) is 5.56 Å². The van der Waals surface area contributed by atoms with Gasteiger partial charge in [0.2, 0.25) is 11.8 Å². The fourth-order valence-corrected chi connectivity index (χ4v) is 1.97. The highest BCUT2D eigenvalue weighted by Crippen LogP contribution is 2.15. The molecule has 1 saturated heterocycles. The Balaban J connectivity index is 1.84. The number of hydrogen-bond acceptors (Lipinski definition) is 2. The van der Waals surface area contributed by atoms with E-state index >= 15 is 0 Å². The van der Waals surface area contributed by atoms with E-state index in [1.807, 2.05) is 30.3 Å².